The lowest BCUT2D eigenvalue weighted by Gasteiger charge is -2.64. The summed E-state index contributed by atoms with van der Waals surface area (Å²) in [5, 5.41) is 84.0. The molecule has 12 atom stereocenters. The molecule has 5 saturated carbocycles. The first-order valence-corrected chi connectivity index (χ1v) is 29.5. The summed E-state index contributed by atoms with van der Waals surface area (Å²) in [5.41, 5.74) is 2.15. The van der Waals surface area contributed by atoms with Crippen molar-refractivity contribution in [1.29, 1.82) is 0 Å². The Balaban J connectivity index is 1.02. The zero-order valence-electron chi connectivity index (χ0n) is 44.5. The number of aromatic amines is 2. The molecule has 15 heteroatoms. The number of H-pyrrole nitrogens is 2. The van der Waals surface area contributed by atoms with Crippen LogP contribution in [0.2, 0.25) is 0 Å². The minimum atomic E-state index is -2.46. The second kappa shape index (κ2) is 15.5. The Hall–Kier alpha value is -5.94. The Bertz CT molecular complexity index is 3680. The predicted octanol–water partition coefficient (Wildman–Crippen LogP) is 8.62. The summed E-state index contributed by atoms with van der Waals surface area (Å²) in [4.78, 5) is 47.9. The molecule has 6 fully saturated rings. The van der Waals surface area contributed by atoms with E-state index in [0.29, 0.717) is 59.0 Å². The van der Waals surface area contributed by atoms with Crippen molar-refractivity contribution in [2.24, 2.45) is 27.6 Å². The van der Waals surface area contributed by atoms with Gasteiger partial charge in [-0.15, -0.1) is 0 Å². The monoisotopic (exact) mass is 1070 g/mol. The molecule has 4 aliphatic heterocycles. The van der Waals surface area contributed by atoms with Gasteiger partial charge in [-0.25, -0.2) is 9.97 Å². The van der Waals surface area contributed by atoms with Crippen LogP contribution in [-0.2, 0) is 10.2 Å². The van der Waals surface area contributed by atoms with Crippen molar-refractivity contribution < 1.29 is 49.7 Å². The number of carbonyl (C=O) groups excluding carboxylic acids is 2. The standard InChI is InChI=1S/C64H67N5O10/c1-31-20-36-45(40(70)21-31)51(73)47-41-22-35-33(46(47)50(36)72)11-19-66-56(35)67-27-43(71)62-29-59(14-6-7-15-59)24-38(62)44-34-10-9-32-8-2-3-16-61(32,42-26-65-30-68-42)53(34)69-49(44)37-23-63(78-41)54(75)52(74)55(76)64(79-63)48(37)39(62)25-60(57(64)77)18-17-58(28-60)12-4-5-13-58/h9-11,19-23,26,30,32,38,43,52,54-55,57,69-71,74-77H,2-8,12-18,24-25,27-29H2,1H3,(H,65,68)(H,66,67)/t32-,38+,43+,52+,54+,55-,57-,60+,61-,62-,63+,64-/m0/s1. The molecule has 1 saturated heterocycles. The molecule has 79 heavy (non-hydrogen) atoms. The van der Waals surface area contributed by atoms with Crippen LogP contribution in [0, 0.1) is 34.5 Å². The molecule has 9 N–H and O–H groups in total. The molecule has 15 nitrogen and oxygen atoms in total. The Kier molecular flexibility index (Phi) is 9.40. The summed E-state index contributed by atoms with van der Waals surface area (Å²) in [6.07, 6.45) is 19.3. The maximum Gasteiger partial charge on any atom is 0.261 e. The maximum absolute atomic E-state index is 15.4. The second-order valence-electron chi connectivity index (χ2n) is 27.0. The zero-order valence-corrected chi connectivity index (χ0v) is 44.5. The molecule has 0 unspecified atom stereocenters. The highest BCUT2D eigenvalue weighted by Crippen LogP contribution is 2.77. The highest BCUT2D eigenvalue weighted by atomic mass is 16.7. The fourth-order valence-electron chi connectivity index (χ4n) is 20.4. The quantitative estimate of drug-likeness (QED) is 0.0750. The van der Waals surface area contributed by atoms with Gasteiger partial charge in [-0.3, -0.25) is 9.59 Å². The lowest BCUT2D eigenvalue weighted by atomic mass is 9.50. The van der Waals surface area contributed by atoms with Gasteiger partial charge < -0.3 is 55.4 Å². The molecular weight excluding hydrogens is 999 g/mol. The molecule has 18 rings (SSSR count). The number of pyridine rings is 1. The van der Waals surface area contributed by atoms with Gasteiger partial charge in [0.25, 0.3) is 5.79 Å². The number of ketones is 2. The lowest BCUT2D eigenvalue weighted by Crippen LogP contribution is -2.79. The number of allylic oxidation sites excluding steroid dienone is 1. The number of aromatic nitrogens is 4. The van der Waals surface area contributed by atoms with E-state index in [2.05, 4.69) is 32.4 Å². The highest BCUT2D eigenvalue weighted by Gasteiger charge is 2.77. The largest absolute Gasteiger partial charge is 0.507 e. The number of nitrogens with one attached hydrogen (secondary N) is 3. The molecule has 8 bridgehead atoms. The van der Waals surface area contributed by atoms with Gasteiger partial charge in [0.05, 0.1) is 40.8 Å². The number of ether oxygens (including phenoxy) is 2. The number of aliphatic hydroxyl groups is 5. The Morgan fingerprint density at radius 2 is 1.62 bits per heavy atom. The first-order valence-electron chi connectivity index (χ1n) is 29.5. The predicted molar refractivity (Wildman–Crippen MR) is 290 cm³/mol. The summed E-state index contributed by atoms with van der Waals surface area (Å²) in [6, 6.07) is 6.29. The van der Waals surface area contributed by atoms with Crippen LogP contribution in [0.3, 0.4) is 0 Å². The molecule has 6 spiro atoms. The fraction of sp³-hybridized carbons (Fsp3) is 0.531. The van der Waals surface area contributed by atoms with Gasteiger partial charge in [0.2, 0.25) is 5.78 Å². The minimum absolute atomic E-state index is 0.00507. The number of benzene rings is 2. The van der Waals surface area contributed by atoms with Crippen LogP contribution in [0.5, 0.6) is 11.5 Å². The Morgan fingerprint density at radius 3 is 2.42 bits per heavy atom. The van der Waals surface area contributed by atoms with Crippen molar-refractivity contribution >= 4 is 39.8 Å². The topological polar surface area (TPSA) is 243 Å². The van der Waals surface area contributed by atoms with Crippen LogP contribution in [0.25, 0.3) is 22.4 Å². The molecule has 3 aromatic heterocycles. The number of nitrogens with zero attached hydrogens (tertiary/aromatic N) is 2. The van der Waals surface area contributed by atoms with Crippen LogP contribution >= 0.6 is 0 Å². The summed E-state index contributed by atoms with van der Waals surface area (Å²) >= 11 is 0. The van der Waals surface area contributed by atoms with Crippen molar-refractivity contribution in [2.45, 2.75) is 176 Å². The van der Waals surface area contributed by atoms with Gasteiger partial charge in [0, 0.05) is 68.8 Å². The molecule has 2 aromatic carbocycles. The molecule has 0 amide bonds. The SMILES string of the molecule is Cc1cc(O)c2c(c1)C(=O)c1c(c3cc4c(nccc14)NC[C@@H](O)[C@@]14CC5(CCCC5)C[C@@H]1c1c([nH]c5c1C=C[C@@H]1CCCC[C@]51c1cnc[nH]1)C1=C[C@@]5(O3)O[C@@]3(C1=C4C[C@@]1(CCC4(CCCC4)C1)[C@@H]3O)[C@@H](O)[C@H](O)[C@H]5O)C2=O. The number of imidazole rings is 1. The van der Waals surface area contributed by atoms with E-state index in [1.54, 1.807) is 43.7 Å². The van der Waals surface area contributed by atoms with Crippen LogP contribution in [0.15, 0.2) is 66.3 Å². The molecular formula is C64H67N5O10. The number of aryl methyl sites for hydroxylation is 1. The molecule has 0 radical (unpaired) electrons. The van der Waals surface area contributed by atoms with Crippen LogP contribution < -0.4 is 10.1 Å². The van der Waals surface area contributed by atoms with E-state index in [4.69, 9.17) is 14.5 Å². The van der Waals surface area contributed by atoms with Gasteiger partial charge >= 0.3 is 0 Å². The van der Waals surface area contributed by atoms with Gasteiger partial charge in [-0.2, -0.15) is 0 Å². The second-order valence-corrected chi connectivity index (χ2v) is 27.0. The van der Waals surface area contributed by atoms with Crippen LogP contribution in [0.1, 0.15) is 187 Å². The van der Waals surface area contributed by atoms with Crippen LogP contribution in [0.4, 0.5) is 5.82 Å². The van der Waals surface area contributed by atoms with Crippen molar-refractivity contribution in [1.82, 2.24) is 19.9 Å². The summed E-state index contributed by atoms with van der Waals surface area (Å²) in [6.45, 7) is 1.76. The van der Waals surface area contributed by atoms with E-state index >= 15 is 9.59 Å². The van der Waals surface area contributed by atoms with E-state index in [1.165, 1.54) is 6.07 Å². The summed E-state index contributed by atoms with van der Waals surface area (Å²) in [5.74, 6) is -4.12. The number of anilines is 1. The van der Waals surface area contributed by atoms with E-state index < -0.39 is 69.7 Å². The third-order valence-electron chi connectivity index (χ3n) is 23.5. The molecule has 7 heterocycles. The van der Waals surface area contributed by atoms with Crippen molar-refractivity contribution in [2.75, 3.05) is 11.9 Å². The number of aliphatic hydroxyl groups excluding tert-OH is 5. The van der Waals surface area contributed by atoms with Gasteiger partial charge in [-0.1, -0.05) is 56.3 Å². The summed E-state index contributed by atoms with van der Waals surface area (Å²) in [7, 11) is 0. The number of carbonyl (C=O) groups is 2. The smallest absolute Gasteiger partial charge is 0.261 e. The van der Waals surface area contributed by atoms with Crippen molar-refractivity contribution in [3.05, 3.63) is 122 Å². The number of hydrogen-bond donors (Lipinski definition) is 9. The third kappa shape index (κ3) is 5.66. The molecule has 9 aliphatic carbocycles. The lowest BCUT2D eigenvalue weighted by molar-refractivity contribution is -0.366. The average Bonchev–Trinajstić information content (AvgIpc) is 2.48. The van der Waals surface area contributed by atoms with Crippen LogP contribution in [-0.4, -0.2) is 111 Å². The number of hydrogen-bond acceptors (Lipinski definition) is 13. The maximum atomic E-state index is 15.4. The molecule has 408 valence electrons. The van der Waals surface area contributed by atoms with E-state index in [9.17, 15) is 30.6 Å². The third-order valence-corrected chi connectivity index (χ3v) is 23.5. The number of rotatable bonds is 1. The Morgan fingerprint density at radius 1 is 0.823 bits per heavy atom. The first kappa shape index (κ1) is 47.8. The van der Waals surface area contributed by atoms with Crippen molar-refractivity contribution in [3.63, 3.8) is 0 Å². The number of fused-ring (bicyclic) bond motifs is 11. The molecule has 5 aromatic rings. The zero-order chi connectivity index (χ0) is 53.5. The van der Waals surface area contributed by atoms with E-state index in [-0.39, 0.29) is 63.0 Å². The van der Waals surface area contributed by atoms with E-state index in [1.807, 2.05) is 6.20 Å². The van der Waals surface area contributed by atoms with E-state index in [0.717, 1.165) is 124 Å². The van der Waals surface area contributed by atoms with Gasteiger partial charge in [-0.05, 0) is 159 Å². The Labute approximate surface area is 456 Å². The first-order chi connectivity index (χ1) is 38.1. The minimum Gasteiger partial charge on any atom is -0.507 e. The fourth-order valence-corrected chi connectivity index (χ4v) is 20.4. The van der Waals surface area contributed by atoms with Gasteiger partial charge in [0.1, 0.15) is 29.5 Å². The normalized spacial score (nSPS) is 38.4. The average molecular weight is 1070 g/mol. The highest BCUT2D eigenvalue weighted by molar-refractivity contribution is 6.34. The number of phenolic OH excluding ortho intramolecular Hbond substituents is 1. The summed E-state index contributed by atoms with van der Waals surface area (Å²) < 4.78 is 15.0. The van der Waals surface area contributed by atoms with Gasteiger partial charge in [0.15, 0.2) is 17.5 Å². The number of phenols is 1. The number of aromatic hydroxyl groups is 1. The molecule has 13 aliphatic rings. The van der Waals surface area contributed by atoms with Crippen molar-refractivity contribution in [3.8, 4) is 11.5 Å².